The maximum atomic E-state index is 11.5. The van der Waals surface area contributed by atoms with Gasteiger partial charge in [-0.2, -0.15) is 5.26 Å². The molecule has 0 radical (unpaired) electrons. The summed E-state index contributed by atoms with van der Waals surface area (Å²) in [4.78, 5) is 35.7. The van der Waals surface area contributed by atoms with Crippen LogP contribution in [0.1, 0.15) is 12.8 Å². The molecule has 2 aliphatic heterocycles. The van der Waals surface area contributed by atoms with Crippen LogP contribution in [-0.2, 0) is 14.4 Å². The normalized spacial score (nSPS) is 28.3. The first-order valence-electron chi connectivity index (χ1n) is 5.13. The number of piperidine rings is 1. The van der Waals surface area contributed by atoms with Crippen LogP contribution in [0, 0.1) is 23.2 Å². The Hall–Kier alpha value is -1.90. The van der Waals surface area contributed by atoms with Crippen molar-refractivity contribution < 1.29 is 14.4 Å². The molecule has 0 aliphatic carbocycles. The quantitative estimate of drug-likeness (QED) is 0.576. The highest BCUT2D eigenvalue weighted by Crippen LogP contribution is 2.28. The number of nitriles is 1. The number of hydrogen-bond acceptors (Lipinski definition) is 4. The number of imide groups is 1. The first-order valence-corrected chi connectivity index (χ1v) is 5.13. The number of nitrogens with one attached hydrogen (secondary N) is 1. The molecule has 3 amide bonds. The zero-order chi connectivity index (χ0) is 11.7. The third kappa shape index (κ3) is 1.65. The van der Waals surface area contributed by atoms with Gasteiger partial charge in [0.1, 0.15) is 6.42 Å². The number of nitrogens with zero attached hydrogens (tertiary/aromatic N) is 2. The van der Waals surface area contributed by atoms with Crippen molar-refractivity contribution in [3.8, 4) is 6.07 Å². The second-order valence-electron chi connectivity index (χ2n) is 4.03. The first-order chi connectivity index (χ1) is 7.63. The monoisotopic (exact) mass is 221 g/mol. The highest BCUT2D eigenvalue weighted by molar-refractivity contribution is 6.05. The minimum absolute atomic E-state index is 0.174. The van der Waals surface area contributed by atoms with Crippen molar-refractivity contribution in [2.45, 2.75) is 12.8 Å². The summed E-state index contributed by atoms with van der Waals surface area (Å²) >= 11 is 0. The lowest BCUT2D eigenvalue weighted by Crippen LogP contribution is -2.44. The lowest BCUT2D eigenvalue weighted by atomic mass is 9.87. The molecule has 2 rings (SSSR count). The fourth-order valence-electron chi connectivity index (χ4n) is 2.24. The summed E-state index contributed by atoms with van der Waals surface area (Å²) in [5, 5.41) is 10.7. The molecule has 1 N–H and O–H groups in total. The van der Waals surface area contributed by atoms with Gasteiger partial charge < -0.3 is 4.90 Å². The number of carbonyl (C=O) groups is 3. The maximum absolute atomic E-state index is 11.5. The van der Waals surface area contributed by atoms with Gasteiger partial charge in [-0.25, -0.2) is 0 Å². The molecular weight excluding hydrogens is 210 g/mol. The largest absolute Gasteiger partial charge is 0.341 e. The fraction of sp³-hybridized carbons (Fsp3) is 0.600. The summed E-state index contributed by atoms with van der Waals surface area (Å²) < 4.78 is 0. The van der Waals surface area contributed by atoms with Gasteiger partial charge in [0.2, 0.25) is 17.7 Å². The van der Waals surface area contributed by atoms with Crippen LogP contribution in [0.2, 0.25) is 0 Å². The molecule has 2 heterocycles. The van der Waals surface area contributed by atoms with E-state index in [4.69, 9.17) is 5.26 Å². The highest BCUT2D eigenvalue weighted by atomic mass is 16.2. The summed E-state index contributed by atoms with van der Waals surface area (Å²) in [5.41, 5.74) is 0. The standard InChI is InChI=1S/C10H11N3O3/c11-3-1-8(14)13-4-2-6-7(5-13)10(16)12-9(6)15/h6-7H,1-2,4-5H2,(H,12,15,16)/t6-,7+/m1/s1. The number of likely N-dealkylation sites (tertiary alicyclic amines) is 1. The van der Waals surface area contributed by atoms with E-state index in [2.05, 4.69) is 5.32 Å². The van der Waals surface area contributed by atoms with Gasteiger partial charge in [0.05, 0.1) is 17.9 Å². The van der Waals surface area contributed by atoms with Crippen LogP contribution in [0.3, 0.4) is 0 Å². The third-order valence-electron chi connectivity index (χ3n) is 3.12. The van der Waals surface area contributed by atoms with E-state index in [1.807, 2.05) is 0 Å². The average Bonchev–Trinajstić information content (AvgIpc) is 2.55. The molecule has 0 aromatic carbocycles. The maximum Gasteiger partial charge on any atom is 0.236 e. The van der Waals surface area contributed by atoms with Crippen LogP contribution in [0.25, 0.3) is 0 Å². The van der Waals surface area contributed by atoms with Gasteiger partial charge in [0.25, 0.3) is 0 Å². The average molecular weight is 221 g/mol. The lowest BCUT2D eigenvalue weighted by Gasteiger charge is -2.31. The SMILES string of the molecule is N#CCC(=O)N1CC[C@H]2C(=O)NC(=O)[C@H]2C1. The lowest BCUT2D eigenvalue weighted by molar-refractivity contribution is -0.135. The predicted octanol–water partition coefficient (Wildman–Crippen LogP) is -0.979. The van der Waals surface area contributed by atoms with Gasteiger partial charge in [-0.15, -0.1) is 0 Å². The van der Waals surface area contributed by atoms with Crippen LogP contribution in [-0.4, -0.2) is 35.7 Å². The van der Waals surface area contributed by atoms with E-state index in [1.54, 1.807) is 6.07 Å². The summed E-state index contributed by atoms with van der Waals surface area (Å²) in [7, 11) is 0. The Bertz CT molecular complexity index is 399. The first kappa shape index (κ1) is 10.6. The zero-order valence-corrected chi connectivity index (χ0v) is 8.60. The van der Waals surface area contributed by atoms with E-state index < -0.39 is 5.92 Å². The molecule has 0 spiro atoms. The number of rotatable bonds is 1. The van der Waals surface area contributed by atoms with E-state index in [0.717, 1.165) is 0 Å². The van der Waals surface area contributed by atoms with Gasteiger partial charge >= 0.3 is 0 Å². The molecule has 0 saturated carbocycles. The summed E-state index contributed by atoms with van der Waals surface area (Å²) in [6.07, 6.45) is 0.326. The molecule has 2 aliphatic rings. The molecule has 16 heavy (non-hydrogen) atoms. The molecule has 0 aromatic rings. The van der Waals surface area contributed by atoms with Gasteiger partial charge in [-0.1, -0.05) is 0 Å². The molecule has 0 bridgehead atoms. The van der Waals surface area contributed by atoms with Crippen molar-refractivity contribution in [3.05, 3.63) is 0 Å². The Balaban J connectivity index is 2.06. The Morgan fingerprint density at radius 2 is 2.12 bits per heavy atom. The van der Waals surface area contributed by atoms with Crippen LogP contribution in [0.15, 0.2) is 0 Å². The predicted molar refractivity (Wildman–Crippen MR) is 51.6 cm³/mol. The second kappa shape index (κ2) is 3.93. The molecule has 6 heteroatoms. The van der Waals surface area contributed by atoms with Crippen LogP contribution >= 0.6 is 0 Å². The molecule has 0 unspecified atom stereocenters. The molecule has 2 atom stereocenters. The van der Waals surface area contributed by atoms with E-state index >= 15 is 0 Å². The van der Waals surface area contributed by atoms with Crippen LogP contribution in [0.4, 0.5) is 0 Å². The summed E-state index contributed by atoms with van der Waals surface area (Å²) in [6, 6.07) is 1.79. The summed E-state index contributed by atoms with van der Waals surface area (Å²) in [6.45, 7) is 0.700. The third-order valence-corrected chi connectivity index (χ3v) is 3.12. The minimum Gasteiger partial charge on any atom is -0.341 e. The Labute approximate surface area is 92.2 Å². The van der Waals surface area contributed by atoms with Crippen molar-refractivity contribution >= 4 is 17.7 Å². The number of fused-ring (bicyclic) bond motifs is 1. The van der Waals surface area contributed by atoms with E-state index in [9.17, 15) is 14.4 Å². The van der Waals surface area contributed by atoms with Gasteiger partial charge in [0, 0.05) is 13.1 Å². The Kier molecular flexibility index (Phi) is 2.60. The molecule has 84 valence electrons. The van der Waals surface area contributed by atoms with Crippen molar-refractivity contribution in [3.63, 3.8) is 0 Å². The summed E-state index contributed by atoms with van der Waals surface area (Å²) in [5.74, 6) is -1.53. The minimum atomic E-state index is -0.427. The molecule has 2 fully saturated rings. The second-order valence-corrected chi connectivity index (χ2v) is 4.03. The van der Waals surface area contributed by atoms with E-state index in [0.29, 0.717) is 13.0 Å². The highest BCUT2D eigenvalue weighted by Gasteiger charge is 2.45. The Morgan fingerprint density at radius 1 is 1.44 bits per heavy atom. The van der Waals surface area contributed by atoms with E-state index in [1.165, 1.54) is 4.90 Å². The van der Waals surface area contributed by atoms with Crippen molar-refractivity contribution in [1.29, 1.82) is 5.26 Å². The number of hydrogen-bond donors (Lipinski definition) is 1. The topological polar surface area (TPSA) is 90.3 Å². The Morgan fingerprint density at radius 3 is 2.81 bits per heavy atom. The van der Waals surface area contributed by atoms with Gasteiger partial charge in [-0.3, -0.25) is 19.7 Å². The number of amides is 3. The van der Waals surface area contributed by atoms with Crippen molar-refractivity contribution in [2.75, 3.05) is 13.1 Å². The van der Waals surface area contributed by atoms with Crippen molar-refractivity contribution in [2.24, 2.45) is 11.8 Å². The van der Waals surface area contributed by atoms with E-state index in [-0.39, 0.29) is 36.6 Å². The molecule has 6 nitrogen and oxygen atoms in total. The van der Waals surface area contributed by atoms with Gasteiger partial charge in [-0.05, 0) is 6.42 Å². The molecule has 2 saturated heterocycles. The van der Waals surface area contributed by atoms with Crippen LogP contribution in [0.5, 0.6) is 0 Å². The molecule has 0 aromatic heterocycles. The fourth-order valence-corrected chi connectivity index (χ4v) is 2.24. The molecular formula is C10H11N3O3. The van der Waals surface area contributed by atoms with Crippen LogP contribution < -0.4 is 5.32 Å². The smallest absolute Gasteiger partial charge is 0.236 e. The number of carbonyl (C=O) groups excluding carboxylic acids is 3. The van der Waals surface area contributed by atoms with Gasteiger partial charge in [0.15, 0.2) is 0 Å². The zero-order valence-electron chi connectivity index (χ0n) is 8.60. The van der Waals surface area contributed by atoms with Crippen molar-refractivity contribution in [1.82, 2.24) is 10.2 Å².